The predicted octanol–water partition coefficient (Wildman–Crippen LogP) is 5.60. The minimum absolute atomic E-state index is 0.0754. The number of amides is 3. The molecule has 0 N–H and O–H groups in total. The monoisotopic (exact) mass is 582 g/mol. The van der Waals surface area contributed by atoms with Crippen molar-refractivity contribution in [1.29, 1.82) is 0 Å². The molecule has 3 amide bonds. The summed E-state index contributed by atoms with van der Waals surface area (Å²) < 4.78 is 5.76. The summed E-state index contributed by atoms with van der Waals surface area (Å²) in [5.41, 5.74) is 5.85. The normalized spacial score (nSPS) is 25.5. The van der Waals surface area contributed by atoms with E-state index >= 15 is 0 Å². The third-order valence-electron chi connectivity index (χ3n) is 9.98. The van der Waals surface area contributed by atoms with Gasteiger partial charge in [-0.1, -0.05) is 84.9 Å². The highest BCUT2D eigenvalue weighted by Crippen LogP contribution is 2.61. The first kappa shape index (κ1) is 26.6. The Labute approximate surface area is 255 Å². The molecule has 0 spiro atoms. The Hall–Kier alpha value is -5.04. The van der Waals surface area contributed by atoms with Crippen LogP contribution in [0.1, 0.15) is 59.0 Å². The molecule has 2 fully saturated rings. The summed E-state index contributed by atoms with van der Waals surface area (Å²) in [6.45, 7) is 2.22. The zero-order valence-corrected chi connectivity index (χ0v) is 24.1. The van der Waals surface area contributed by atoms with Gasteiger partial charge in [0.25, 0.3) is 0 Å². The number of esters is 1. The number of carbonyl (C=O) groups excluding carboxylic acids is 4. The van der Waals surface area contributed by atoms with E-state index in [-0.39, 0.29) is 54.3 Å². The molecule has 4 atom stereocenters. The van der Waals surface area contributed by atoms with Crippen molar-refractivity contribution in [3.63, 3.8) is 0 Å². The zero-order valence-electron chi connectivity index (χ0n) is 24.1. The Bertz CT molecular complexity index is 1740. The molecule has 7 heteroatoms. The van der Waals surface area contributed by atoms with E-state index in [1.54, 1.807) is 29.2 Å². The van der Waals surface area contributed by atoms with E-state index in [2.05, 4.69) is 24.3 Å². The Balaban J connectivity index is 1.04. The van der Waals surface area contributed by atoms with Gasteiger partial charge in [0.1, 0.15) is 5.75 Å². The predicted molar refractivity (Wildman–Crippen MR) is 163 cm³/mol. The number of hydrogen-bond acceptors (Lipinski definition) is 5. The third-order valence-corrected chi connectivity index (χ3v) is 9.98. The van der Waals surface area contributed by atoms with Crippen LogP contribution in [0.3, 0.4) is 0 Å². The second kappa shape index (κ2) is 10.0. The van der Waals surface area contributed by atoms with Gasteiger partial charge < -0.3 is 9.64 Å². The van der Waals surface area contributed by atoms with Crippen LogP contribution in [0.25, 0.3) is 0 Å². The molecule has 5 aliphatic rings. The number of ether oxygens (including phenoxy) is 1. The summed E-state index contributed by atoms with van der Waals surface area (Å²) in [6.07, 6.45) is 0.0754. The van der Waals surface area contributed by atoms with E-state index in [0.29, 0.717) is 5.69 Å². The number of nitrogens with zero attached hydrogens (tertiary/aromatic N) is 2. The molecule has 2 aliphatic heterocycles. The SMILES string of the molecule is C[C@H](c1ccccc1)N1C[C@H](C(=O)Oc2cccc(N3C(=O)[C@H]4C5c6ccccc6C(c6ccccc65)[C@@H]4C3=O)c2)CC1=O. The van der Waals surface area contributed by atoms with Crippen molar-refractivity contribution in [3.05, 3.63) is 131 Å². The topological polar surface area (TPSA) is 84.0 Å². The fraction of sp³-hybridized carbons (Fsp3) is 0.243. The second-order valence-corrected chi connectivity index (χ2v) is 12.2. The highest BCUT2D eigenvalue weighted by molar-refractivity contribution is 6.23. The minimum Gasteiger partial charge on any atom is -0.426 e. The van der Waals surface area contributed by atoms with E-state index in [0.717, 1.165) is 27.8 Å². The van der Waals surface area contributed by atoms with Crippen molar-refractivity contribution in [2.75, 3.05) is 11.4 Å². The van der Waals surface area contributed by atoms with E-state index in [9.17, 15) is 19.2 Å². The fourth-order valence-electron chi connectivity index (χ4n) is 7.99. The zero-order chi connectivity index (χ0) is 30.1. The summed E-state index contributed by atoms with van der Waals surface area (Å²) in [5.74, 6) is -2.80. The van der Waals surface area contributed by atoms with Crippen molar-refractivity contribution < 1.29 is 23.9 Å². The molecule has 0 radical (unpaired) electrons. The molecule has 4 aromatic carbocycles. The van der Waals surface area contributed by atoms with Gasteiger partial charge in [-0.25, -0.2) is 4.90 Å². The van der Waals surface area contributed by atoms with Gasteiger partial charge in [0.05, 0.1) is 29.5 Å². The van der Waals surface area contributed by atoms with Crippen LogP contribution in [0.4, 0.5) is 5.69 Å². The van der Waals surface area contributed by atoms with Crippen molar-refractivity contribution in [2.45, 2.75) is 31.2 Å². The van der Waals surface area contributed by atoms with Gasteiger partial charge in [0, 0.05) is 30.9 Å². The van der Waals surface area contributed by atoms with Gasteiger partial charge in [-0.3, -0.25) is 19.2 Å². The van der Waals surface area contributed by atoms with Gasteiger partial charge in [-0.15, -0.1) is 0 Å². The van der Waals surface area contributed by atoms with E-state index in [1.165, 1.54) is 4.90 Å². The molecule has 2 saturated heterocycles. The molecule has 44 heavy (non-hydrogen) atoms. The average Bonchev–Trinajstić information content (AvgIpc) is 3.58. The van der Waals surface area contributed by atoms with Gasteiger partial charge >= 0.3 is 5.97 Å². The average molecular weight is 583 g/mol. The number of imide groups is 1. The van der Waals surface area contributed by atoms with Crippen LogP contribution in [0, 0.1) is 17.8 Å². The lowest BCUT2D eigenvalue weighted by Crippen LogP contribution is -2.41. The summed E-state index contributed by atoms with van der Waals surface area (Å²) in [7, 11) is 0. The molecular weight excluding hydrogens is 552 g/mol. The molecule has 7 nitrogen and oxygen atoms in total. The molecule has 2 heterocycles. The molecule has 2 bridgehead atoms. The van der Waals surface area contributed by atoms with Crippen LogP contribution >= 0.6 is 0 Å². The highest BCUT2D eigenvalue weighted by Gasteiger charge is 2.61. The van der Waals surface area contributed by atoms with Crippen LogP contribution in [0.5, 0.6) is 5.75 Å². The summed E-state index contributed by atoms with van der Waals surface area (Å²) >= 11 is 0. The highest BCUT2D eigenvalue weighted by atomic mass is 16.5. The third kappa shape index (κ3) is 3.88. The fourth-order valence-corrected chi connectivity index (χ4v) is 7.99. The smallest absolute Gasteiger partial charge is 0.316 e. The first-order valence-electron chi connectivity index (χ1n) is 15.1. The maximum Gasteiger partial charge on any atom is 0.316 e. The minimum atomic E-state index is -0.608. The van der Waals surface area contributed by atoms with Gasteiger partial charge in [-0.05, 0) is 46.9 Å². The first-order valence-corrected chi connectivity index (χ1v) is 15.1. The summed E-state index contributed by atoms with van der Waals surface area (Å²) in [6, 6.07) is 32.4. The number of rotatable bonds is 5. The number of benzene rings is 4. The van der Waals surface area contributed by atoms with E-state index < -0.39 is 23.7 Å². The van der Waals surface area contributed by atoms with Crippen molar-refractivity contribution >= 4 is 29.4 Å². The molecule has 0 aromatic heterocycles. The van der Waals surface area contributed by atoms with Crippen molar-refractivity contribution in [2.24, 2.45) is 17.8 Å². The first-order chi connectivity index (χ1) is 21.4. The quantitative estimate of drug-likeness (QED) is 0.174. The van der Waals surface area contributed by atoms with E-state index in [1.807, 2.05) is 61.5 Å². The molecule has 9 rings (SSSR count). The van der Waals surface area contributed by atoms with Crippen molar-refractivity contribution in [3.8, 4) is 5.75 Å². The lowest BCUT2D eigenvalue weighted by atomic mass is 9.55. The Morgan fingerprint density at radius 1 is 0.727 bits per heavy atom. The molecule has 0 unspecified atom stereocenters. The van der Waals surface area contributed by atoms with Gasteiger partial charge in [0.15, 0.2) is 0 Å². The summed E-state index contributed by atoms with van der Waals surface area (Å²) in [5, 5.41) is 0. The number of likely N-dealkylation sites (tertiary alicyclic amines) is 1. The van der Waals surface area contributed by atoms with Crippen LogP contribution in [-0.2, 0) is 19.2 Å². The Kier molecular flexibility index (Phi) is 6.05. The number of carbonyl (C=O) groups is 4. The molecule has 218 valence electrons. The van der Waals surface area contributed by atoms with Crippen molar-refractivity contribution in [1.82, 2.24) is 4.90 Å². The molecule has 3 aliphatic carbocycles. The van der Waals surface area contributed by atoms with Crippen LogP contribution < -0.4 is 9.64 Å². The number of hydrogen-bond donors (Lipinski definition) is 0. The second-order valence-electron chi connectivity index (χ2n) is 12.2. The Morgan fingerprint density at radius 2 is 1.27 bits per heavy atom. The molecular formula is C37H30N2O5. The Morgan fingerprint density at radius 3 is 1.84 bits per heavy atom. The van der Waals surface area contributed by atoms with Crippen LogP contribution in [-0.4, -0.2) is 35.1 Å². The molecule has 0 saturated carbocycles. The maximum absolute atomic E-state index is 14.1. The van der Waals surface area contributed by atoms with Gasteiger partial charge in [-0.2, -0.15) is 0 Å². The van der Waals surface area contributed by atoms with Crippen LogP contribution in [0.2, 0.25) is 0 Å². The number of anilines is 1. The molecule has 4 aromatic rings. The van der Waals surface area contributed by atoms with E-state index in [4.69, 9.17) is 4.74 Å². The largest absolute Gasteiger partial charge is 0.426 e. The summed E-state index contributed by atoms with van der Waals surface area (Å²) in [4.78, 5) is 57.3. The van der Waals surface area contributed by atoms with Gasteiger partial charge in [0.2, 0.25) is 17.7 Å². The van der Waals surface area contributed by atoms with Crippen LogP contribution in [0.15, 0.2) is 103 Å². The lowest BCUT2D eigenvalue weighted by Gasteiger charge is -2.45. The lowest BCUT2D eigenvalue weighted by molar-refractivity contribution is -0.139. The standard InChI is InChI=1S/C37H30N2O5/c1-21(22-10-3-2-4-11-22)38-20-23(18-30(38)40)37(43)44-25-13-9-12-24(19-25)39-35(41)33-31-26-14-5-6-15-27(26)32(34(33)36(39)42)29-17-8-7-16-28(29)31/h2-17,19,21,23,31-34H,18,20H2,1H3/t21-,23-,31?,32?,33+,34+/m1/s1. The maximum atomic E-state index is 14.1.